The van der Waals surface area contributed by atoms with Gasteiger partial charge in [0.1, 0.15) is 30.4 Å². The number of H-pyrrole nitrogens is 2. The van der Waals surface area contributed by atoms with Gasteiger partial charge in [0.15, 0.2) is 6.29 Å². The molecule has 5 heterocycles. The Kier molecular flexibility index (Phi) is 16.4. The Balaban J connectivity index is 1.04. The van der Waals surface area contributed by atoms with E-state index in [1.165, 1.54) is 6.33 Å². The van der Waals surface area contributed by atoms with Gasteiger partial charge in [0.2, 0.25) is 5.91 Å². The average molecular weight is 1250 g/mol. The Labute approximate surface area is 528 Å². The van der Waals surface area contributed by atoms with Crippen LogP contribution >= 0.6 is 0 Å². The standard InChI is InChI=1S/C68H101N9O13/c1-34(2)14-20-70-21-22-71-26-38(56(69)85)54(84)68(46-28-72-32-75-46)17-12-37-47-50(82)55(90-58-51(83)49(81)44(80)29-89-58)62(4,31-79)45-13-16-63(5)52(64(45,47)6)35(10-11-36-9-8-15-66(36)48(37)53(68)77-59(66)86)23-39-41-25-61(3,30-78)18-19-67(41,60(87)88)42-27-73-57-43(74-33-76-57)24-40(42)65(39,63)7/h12,17,23,28,32-38,40-42,44-45,47-56,58,70-71,73,78-85H,8-9,13-16,18-22,24-27,29-31,69H2,1-7H3,(H,72,75)(H,74,76)(H,77,86)(H,87,88). The second-order valence-corrected chi connectivity index (χ2v) is 31.6. The van der Waals surface area contributed by atoms with E-state index in [1.54, 1.807) is 12.5 Å². The predicted octanol–water partition coefficient (Wildman–Crippen LogP) is 2.15. The van der Waals surface area contributed by atoms with Crippen LogP contribution < -0.4 is 27.0 Å². The third-order valence-electron chi connectivity index (χ3n) is 27.4. The number of aromatic nitrogens is 4. The molecule has 28 unspecified atom stereocenters. The summed E-state index contributed by atoms with van der Waals surface area (Å²) in [4.78, 5) is 47.1. The maximum absolute atomic E-state index is 16.2. The van der Waals surface area contributed by atoms with Gasteiger partial charge in [-0.2, -0.15) is 0 Å². The zero-order valence-electron chi connectivity index (χ0n) is 53.4. The molecule has 1 spiro atoms. The average Bonchev–Trinajstić information content (AvgIpc) is 0.829. The molecule has 2 aromatic heterocycles. The van der Waals surface area contributed by atoms with Crippen molar-refractivity contribution >= 4 is 17.7 Å². The number of aliphatic carboxylic acids is 1. The number of amides is 1. The fraction of sp³-hybridized carbons (Fsp3) is 0.794. The van der Waals surface area contributed by atoms with Gasteiger partial charge in [0.05, 0.1) is 72.2 Å². The minimum absolute atomic E-state index is 0.111. The summed E-state index contributed by atoms with van der Waals surface area (Å²) < 4.78 is 13.0. The van der Waals surface area contributed by atoms with Gasteiger partial charge in [-0.15, -0.1) is 0 Å². The molecule has 11 aliphatic rings. The first-order valence-corrected chi connectivity index (χ1v) is 33.8. The molecule has 1 amide bonds. The molecule has 22 heteroatoms. The van der Waals surface area contributed by atoms with Crippen molar-refractivity contribution in [2.45, 2.75) is 173 Å². The van der Waals surface area contributed by atoms with Crippen molar-refractivity contribution in [3.05, 3.63) is 54.0 Å². The van der Waals surface area contributed by atoms with Crippen LogP contribution in [0.3, 0.4) is 0 Å². The molecule has 22 nitrogen and oxygen atoms in total. The molecule has 0 radical (unpaired) electrons. The van der Waals surface area contributed by atoms with E-state index in [0.29, 0.717) is 94.9 Å². The highest BCUT2D eigenvalue weighted by Gasteiger charge is 2.80. The molecular weight excluding hydrogens is 1150 g/mol. The van der Waals surface area contributed by atoms with Crippen LogP contribution in [0.15, 0.2) is 42.7 Å². The first-order valence-electron chi connectivity index (χ1n) is 33.8. The number of carboxylic acid groups (broad SMARTS) is 1. The number of carboxylic acids is 1. The molecule has 0 aromatic carbocycles. The van der Waals surface area contributed by atoms with Gasteiger partial charge in [-0.3, -0.25) is 9.59 Å². The molecule has 5 saturated carbocycles. The number of imidazole rings is 2. The van der Waals surface area contributed by atoms with Gasteiger partial charge in [-0.1, -0.05) is 90.5 Å². The Morgan fingerprint density at radius 3 is 2.41 bits per heavy atom. The molecule has 8 aliphatic carbocycles. The van der Waals surface area contributed by atoms with E-state index in [0.717, 1.165) is 24.2 Å². The lowest BCUT2D eigenvalue weighted by atomic mass is 9.27. The highest BCUT2D eigenvalue weighted by Crippen LogP contribution is 2.81. The molecular formula is C68H101N9O13. The molecule has 7 fully saturated rings. The van der Waals surface area contributed by atoms with E-state index in [9.17, 15) is 50.8 Å². The second kappa shape index (κ2) is 23.0. The number of carbonyl (C=O) groups is 2. The number of anilines is 1. The fourth-order valence-electron chi connectivity index (χ4n) is 23.0. The van der Waals surface area contributed by atoms with Gasteiger partial charge in [-0.25, -0.2) is 9.97 Å². The molecule has 13 rings (SSSR count). The van der Waals surface area contributed by atoms with Crippen molar-refractivity contribution in [1.29, 1.82) is 0 Å². The van der Waals surface area contributed by atoms with E-state index in [-0.39, 0.29) is 31.6 Å². The number of carbonyl (C=O) groups excluding carboxylic acids is 1. The number of aliphatic hydroxyl groups is 8. The fourth-order valence-corrected chi connectivity index (χ4v) is 23.0. The molecule has 2 saturated heterocycles. The van der Waals surface area contributed by atoms with Crippen molar-refractivity contribution in [3.63, 3.8) is 0 Å². The first-order chi connectivity index (χ1) is 42.8. The van der Waals surface area contributed by atoms with E-state index < -0.39 is 170 Å². The predicted molar refractivity (Wildman–Crippen MR) is 331 cm³/mol. The number of hydrogen-bond acceptors (Lipinski definition) is 18. The van der Waals surface area contributed by atoms with Crippen LogP contribution in [0, 0.1) is 121 Å². The number of aromatic amines is 2. The van der Waals surface area contributed by atoms with Crippen LogP contribution in [0.5, 0.6) is 0 Å². The van der Waals surface area contributed by atoms with Crippen molar-refractivity contribution in [3.8, 4) is 11.8 Å². The quantitative estimate of drug-likeness (QED) is 0.0355. The number of aliphatic hydroxyl groups excluding tert-OH is 8. The Morgan fingerprint density at radius 2 is 1.70 bits per heavy atom. The van der Waals surface area contributed by atoms with Gasteiger partial charge >= 0.3 is 5.97 Å². The van der Waals surface area contributed by atoms with E-state index in [2.05, 4.69) is 102 Å². The molecule has 17 N–H and O–H groups in total. The molecule has 496 valence electrons. The Bertz CT molecular complexity index is 3150. The van der Waals surface area contributed by atoms with E-state index in [4.69, 9.17) is 20.2 Å². The van der Waals surface area contributed by atoms with Gasteiger partial charge in [0.25, 0.3) is 0 Å². The Morgan fingerprint density at radius 1 is 0.922 bits per heavy atom. The molecule has 0 bridgehead atoms. The number of nitrogens with zero attached hydrogens (tertiary/aromatic N) is 2. The zero-order chi connectivity index (χ0) is 64.0. The summed E-state index contributed by atoms with van der Waals surface area (Å²) in [6.45, 7) is 16.9. The van der Waals surface area contributed by atoms with Crippen LogP contribution in [0.2, 0.25) is 0 Å². The van der Waals surface area contributed by atoms with Crippen LogP contribution in [0.1, 0.15) is 118 Å². The van der Waals surface area contributed by atoms with E-state index >= 15 is 4.79 Å². The first kappa shape index (κ1) is 64.4. The summed E-state index contributed by atoms with van der Waals surface area (Å²) >= 11 is 0. The topological polar surface area (TPSA) is 366 Å². The van der Waals surface area contributed by atoms with Crippen LogP contribution in [-0.2, 0) is 30.9 Å². The lowest BCUT2D eigenvalue weighted by Crippen LogP contribution is -2.76. The monoisotopic (exact) mass is 1250 g/mol. The largest absolute Gasteiger partial charge is 0.481 e. The lowest BCUT2D eigenvalue weighted by Gasteiger charge is -2.76. The molecule has 3 aliphatic heterocycles. The maximum Gasteiger partial charge on any atom is 0.310 e. The number of allylic oxidation sites excluding steroid dienone is 3. The van der Waals surface area contributed by atoms with Crippen molar-refractivity contribution in [1.82, 2.24) is 35.9 Å². The number of ether oxygens (including phenoxy) is 2. The summed E-state index contributed by atoms with van der Waals surface area (Å²) in [5.74, 6) is 1.49. The summed E-state index contributed by atoms with van der Waals surface area (Å²) in [7, 11) is 0. The summed E-state index contributed by atoms with van der Waals surface area (Å²) in [5, 5.41) is 123. The van der Waals surface area contributed by atoms with Crippen LogP contribution in [-0.4, -0.2) is 185 Å². The maximum atomic E-state index is 16.2. The number of hydrogen-bond donors (Lipinski definition) is 16. The van der Waals surface area contributed by atoms with Crippen LogP contribution in [0.4, 0.5) is 5.82 Å². The number of fused-ring (bicyclic) bond motifs is 9. The number of nitrogens with one attached hydrogen (secondary N) is 6. The smallest absolute Gasteiger partial charge is 0.310 e. The van der Waals surface area contributed by atoms with Gasteiger partial charge in [0, 0.05) is 79.7 Å². The van der Waals surface area contributed by atoms with E-state index in [1.807, 2.05) is 13.0 Å². The lowest BCUT2D eigenvalue weighted by molar-refractivity contribution is -0.346. The minimum Gasteiger partial charge on any atom is -0.481 e. The minimum atomic E-state index is -1.73. The Hall–Kier alpha value is -4.32. The number of nitrogens with two attached hydrogens (primary N) is 1. The number of rotatable bonds is 17. The van der Waals surface area contributed by atoms with Crippen molar-refractivity contribution in [2.24, 2.45) is 115 Å². The molecule has 28 atom stereocenters. The molecule has 2 aromatic rings. The highest BCUT2D eigenvalue weighted by molar-refractivity contribution is 5.88. The van der Waals surface area contributed by atoms with Crippen molar-refractivity contribution < 1.29 is 65.0 Å². The van der Waals surface area contributed by atoms with Gasteiger partial charge < -0.3 is 92.4 Å². The normalized spacial score (nSPS) is 48.0. The molecule has 90 heavy (non-hydrogen) atoms. The third kappa shape index (κ3) is 8.89. The summed E-state index contributed by atoms with van der Waals surface area (Å²) in [5.41, 5.74) is 0.564. The third-order valence-corrected chi connectivity index (χ3v) is 27.4. The highest BCUT2D eigenvalue weighted by atomic mass is 16.7. The summed E-state index contributed by atoms with van der Waals surface area (Å²) in [6, 6.07) is -0.922. The van der Waals surface area contributed by atoms with Crippen LogP contribution in [0.25, 0.3) is 0 Å². The second-order valence-electron chi connectivity index (χ2n) is 31.6. The zero-order valence-corrected chi connectivity index (χ0v) is 53.4. The summed E-state index contributed by atoms with van der Waals surface area (Å²) in [6.07, 6.45) is 4.69. The SMILES string of the molecule is CC(C)CCNCCNCC(C(N)O)C(O)C1(c2cnc[nH]2)C=CC2C3C1NC(=O)C31CCCC1C#CC1C=C3C4CC(C)(CO)CCC4(C(=O)O)C4CNc5nc[nH]c5CC4C3(C)C3(C)CCC4C(C)(CO)C(OC5OCC(O)C(O)C5O)C(O)C2C4(C)C13. The van der Waals surface area contributed by atoms with Gasteiger partial charge in [-0.05, 0) is 127 Å². The van der Waals surface area contributed by atoms with Crippen molar-refractivity contribution in [2.75, 3.05) is 57.9 Å².